The van der Waals surface area contributed by atoms with Crippen molar-refractivity contribution in [1.82, 2.24) is 4.90 Å². The van der Waals surface area contributed by atoms with Crippen LogP contribution in [0.1, 0.15) is 31.7 Å². The molecule has 1 saturated heterocycles. The van der Waals surface area contributed by atoms with Crippen LogP contribution in [0.3, 0.4) is 0 Å². The van der Waals surface area contributed by atoms with E-state index in [0.717, 1.165) is 50.1 Å². The highest BCUT2D eigenvalue weighted by Crippen LogP contribution is 2.29. The van der Waals surface area contributed by atoms with Gasteiger partial charge in [-0.05, 0) is 62.9 Å². The fourth-order valence-electron chi connectivity index (χ4n) is 4.48. The first-order valence-corrected chi connectivity index (χ1v) is 10.6. The molecule has 0 radical (unpaired) electrons. The van der Waals surface area contributed by atoms with Gasteiger partial charge in [0.25, 0.3) is 0 Å². The van der Waals surface area contributed by atoms with E-state index in [9.17, 15) is 9.59 Å². The zero-order valence-electron chi connectivity index (χ0n) is 17.0. The first-order chi connectivity index (χ1) is 14.1. The van der Waals surface area contributed by atoms with Crippen LogP contribution in [-0.4, -0.2) is 42.4 Å². The van der Waals surface area contributed by atoms with Gasteiger partial charge in [0, 0.05) is 24.5 Å². The number of nitrogens with one attached hydrogen (secondary N) is 1. The Morgan fingerprint density at radius 1 is 1.00 bits per heavy atom. The quantitative estimate of drug-likeness (QED) is 0.865. The number of rotatable bonds is 4. The van der Waals surface area contributed by atoms with Crippen LogP contribution < -0.4 is 10.2 Å². The minimum atomic E-state index is -0.228. The van der Waals surface area contributed by atoms with E-state index in [0.29, 0.717) is 6.54 Å². The van der Waals surface area contributed by atoms with Crippen LogP contribution in [-0.2, 0) is 16.0 Å². The molecule has 5 nitrogen and oxygen atoms in total. The van der Waals surface area contributed by atoms with Gasteiger partial charge in [-0.3, -0.25) is 14.5 Å². The monoisotopic (exact) mass is 391 g/mol. The van der Waals surface area contributed by atoms with Crippen LogP contribution in [0.5, 0.6) is 0 Å². The molecule has 4 rings (SSSR count). The topological polar surface area (TPSA) is 52.7 Å². The maximum absolute atomic E-state index is 13.3. The molecular formula is C24H29N3O2. The summed E-state index contributed by atoms with van der Waals surface area (Å²) in [6, 6.07) is 17.5. The summed E-state index contributed by atoms with van der Waals surface area (Å²) >= 11 is 0. The fourth-order valence-corrected chi connectivity index (χ4v) is 4.48. The molecule has 2 aliphatic heterocycles. The van der Waals surface area contributed by atoms with Gasteiger partial charge in [0.05, 0.1) is 12.0 Å². The van der Waals surface area contributed by atoms with Crippen molar-refractivity contribution in [3.8, 4) is 0 Å². The molecular weight excluding hydrogens is 362 g/mol. The molecule has 2 aromatic rings. The van der Waals surface area contributed by atoms with Crippen LogP contribution >= 0.6 is 0 Å². The summed E-state index contributed by atoms with van der Waals surface area (Å²) in [5, 5.41) is 3.02. The average Bonchev–Trinajstić information content (AvgIpc) is 2.78. The molecule has 5 heteroatoms. The summed E-state index contributed by atoms with van der Waals surface area (Å²) in [5.41, 5.74) is 3.12. The largest absolute Gasteiger partial charge is 0.326 e. The van der Waals surface area contributed by atoms with E-state index in [1.54, 1.807) is 0 Å². The zero-order chi connectivity index (χ0) is 20.2. The number of hydrogen-bond acceptors (Lipinski definition) is 3. The second-order valence-electron chi connectivity index (χ2n) is 8.09. The Balaban J connectivity index is 1.42. The number of para-hydroxylation sites is 2. The first kappa shape index (κ1) is 19.6. The lowest BCUT2D eigenvalue weighted by Gasteiger charge is -2.39. The molecule has 0 aliphatic carbocycles. The lowest BCUT2D eigenvalue weighted by molar-refractivity contribution is -0.127. The van der Waals surface area contributed by atoms with Crippen LogP contribution in [0.25, 0.3) is 0 Å². The summed E-state index contributed by atoms with van der Waals surface area (Å²) in [6.45, 7) is 4.24. The second-order valence-corrected chi connectivity index (χ2v) is 8.09. The van der Waals surface area contributed by atoms with Gasteiger partial charge in [-0.2, -0.15) is 0 Å². The van der Waals surface area contributed by atoms with Gasteiger partial charge in [0.15, 0.2) is 0 Å². The maximum atomic E-state index is 13.3. The Hall–Kier alpha value is -2.66. The third-order valence-electron chi connectivity index (χ3n) is 6.15. The van der Waals surface area contributed by atoms with Gasteiger partial charge in [-0.1, -0.05) is 36.4 Å². The second kappa shape index (κ2) is 8.78. The van der Waals surface area contributed by atoms with E-state index in [4.69, 9.17) is 0 Å². The number of hydrogen-bond donors (Lipinski definition) is 1. The van der Waals surface area contributed by atoms with Crippen LogP contribution in [0.15, 0.2) is 54.6 Å². The molecule has 2 heterocycles. The van der Waals surface area contributed by atoms with Gasteiger partial charge < -0.3 is 10.2 Å². The zero-order valence-corrected chi connectivity index (χ0v) is 17.0. The van der Waals surface area contributed by atoms with E-state index in [1.807, 2.05) is 60.4 Å². The van der Waals surface area contributed by atoms with Crippen molar-refractivity contribution >= 4 is 23.2 Å². The number of carbonyl (C=O) groups excluding carboxylic acids is 2. The van der Waals surface area contributed by atoms with Crippen molar-refractivity contribution in [2.75, 3.05) is 29.9 Å². The van der Waals surface area contributed by atoms with Crippen LogP contribution in [0.4, 0.5) is 11.4 Å². The van der Waals surface area contributed by atoms with Crippen molar-refractivity contribution in [1.29, 1.82) is 0 Å². The molecule has 2 aliphatic rings. The normalized spacial score (nSPS) is 20.6. The molecule has 0 aromatic heterocycles. The number of anilines is 2. The molecule has 1 N–H and O–H groups in total. The number of aryl methyl sites for hydroxylation is 1. The summed E-state index contributed by atoms with van der Waals surface area (Å²) in [4.78, 5) is 30.2. The smallest absolute Gasteiger partial charge is 0.244 e. The third kappa shape index (κ3) is 4.35. The third-order valence-corrected chi connectivity index (χ3v) is 6.15. The van der Waals surface area contributed by atoms with Gasteiger partial charge >= 0.3 is 0 Å². The summed E-state index contributed by atoms with van der Waals surface area (Å²) < 4.78 is 0. The summed E-state index contributed by atoms with van der Waals surface area (Å²) in [6.07, 6.45) is 3.82. The minimum absolute atomic E-state index is 0.0452. The molecule has 2 unspecified atom stereocenters. The van der Waals surface area contributed by atoms with Crippen molar-refractivity contribution < 1.29 is 9.59 Å². The van der Waals surface area contributed by atoms with Crippen molar-refractivity contribution in [2.45, 2.75) is 38.6 Å². The molecule has 29 heavy (non-hydrogen) atoms. The first-order valence-electron chi connectivity index (χ1n) is 10.6. The van der Waals surface area contributed by atoms with Gasteiger partial charge in [0.1, 0.15) is 0 Å². The van der Waals surface area contributed by atoms with E-state index < -0.39 is 0 Å². The highest BCUT2D eigenvalue weighted by atomic mass is 16.2. The Bertz CT molecular complexity index is 867. The molecule has 2 amide bonds. The van der Waals surface area contributed by atoms with Crippen molar-refractivity contribution in [3.63, 3.8) is 0 Å². The van der Waals surface area contributed by atoms with E-state index in [2.05, 4.69) is 16.3 Å². The number of carbonyl (C=O) groups is 2. The Labute approximate surface area is 172 Å². The molecule has 1 fully saturated rings. The van der Waals surface area contributed by atoms with Crippen LogP contribution in [0, 0.1) is 5.92 Å². The number of piperidine rings is 1. The molecule has 0 saturated carbocycles. The summed E-state index contributed by atoms with van der Waals surface area (Å²) in [7, 11) is 0. The van der Waals surface area contributed by atoms with E-state index in [1.165, 1.54) is 5.56 Å². The predicted octanol–water partition coefficient (Wildman–Crippen LogP) is 3.71. The maximum Gasteiger partial charge on any atom is 0.244 e. The average molecular weight is 392 g/mol. The fraction of sp³-hybridized carbons (Fsp3) is 0.417. The lowest BCUT2D eigenvalue weighted by Crippen LogP contribution is -2.52. The van der Waals surface area contributed by atoms with Gasteiger partial charge in [0.2, 0.25) is 11.8 Å². The van der Waals surface area contributed by atoms with Gasteiger partial charge in [-0.15, -0.1) is 0 Å². The number of benzene rings is 2. The highest BCUT2D eigenvalue weighted by Gasteiger charge is 2.34. The summed E-state index contributed by atoms with van der Waals surface area (Å²) in [5.74, 6) is 0.0954. The number of fused-ring (bicyclic) bond motifs is 1. The Morgan fingerprint density at radius 3 is 2.59 bits per heavy atom. The number of likely N-dealkylation sites (tertiary alicyclic amines) is 1. The van der Waals surface area contributed by atoms with Crippen LogP contribution in [0.2, 0.25) is 0 Å². The standard InChI is InChI=1S/C24H29N3O2/c1-18(24(29)27-16-8-10-19-9-5-6-14-22(19)27)26-15-7-11-20(17-26)23(28)25-21-12-3-2-4-13-21/h2-6,9,12-14,18,20H,7-8,10-11,15-17H2,1H3,(H,25,28). The molecule has 152 valence electrons. The van der Waals surface area contributed by atoms with E-state index >= 15 is 0 Å². The van der Waals surface area contributed by atoms with Crippen molar-refractivity contribution in [3.05, 3.63) is 60.2 Å². The molecule has 0 bridgehead atoms. The Morgan fingerprint density at radius 2 is 1.76 bits per heavy atom. The SMILES string of the molecule is CC(C(=O)N1CCCc2ccccc21)N1CCCC(C(=O)Nc2ccccc2)C1. The highest BCUT2D eigenvalue weighted by molar-refractivity contribution is 5.98. The molecule has 0 spiro atoms. The number of amides is 2. The predicted molar refractivity (Wildman–Crippen MR) is 116 cm³/mol. The molecule has 2 aromatic carbocycles. The van der Waals surface area contributed by atoms with E-state index in [-0.39, 0.29) is 23.8 Å². The van der Waals surface area contributed by atoms with Gasteiger partial charge in [-0.25, -0.2) is 0 Å². The van der Waals surface area contributed by atoms with Crippen molar-refractivity contribution in [2.24, 2.45) is 5.92 Å². The lowest BCUT2D eigenvalue weighted by atomic mass is 9.95. The minimum Gasteiger partial charge on any atom is -0.326 e. The molecule has 2 atom stereocenters. The number of nitrogens with zero attached hydrogens (tertiary/aromatic N) is 2. The Kier molecular flexibility index (Phi) is 5.95.